The van der Waals surface area contributed by atoms with Crippen molar-refractivity contribution in [3.63, 3.8) is 0 Å². The molecule has 0 N–H and O–H groups in total. The molecule has 78 valence electrons. The third-order valence-corrected chi connectivity index (χ3v) is 2.83. The van der Waals surface area contributed by atoms with Gasteiger partial charge in [0.15, 0.2) is 0 Å². The van der Waals surface area contributed by atoms with Gasteiger partial charge < -0.3 is 10.2 Å². The van der Waals surface area contributed by atoms with Crippen molar-refractivity contribution in [2.75, 3.05) is 0 Å². The van der Waals surface area contributed by atoms with Gasteiger partial charge in [0, 0.05) is 0 Å². The molecule has 0 saturated carbocycles. The van der Waals surface area contributed by atoms with E-state index in [0.717, 1.165) is 0 Å². The van der Waals surface area contributed by atoms with Crippen LogP contribution in [0.25, 0.3) is 21.5 Å². The van der Waals surface area contributed by atoms with E-state index in [9.17, 15) is 10.2 Å². The maximum atomic E-state index is 12.1. The van der Waals surface area contributed by atoms with Crippen LogP contribution < -0.4 is 10.2 Å². The molecule has 0 aliphatic rings. The summed E-state index contributed by atoms with van der Waals surface area (Å²) in [6.07, 6.45) is 0. The van der Waals surface area contributed by atoms with Crippen molar-refractivity contribution in [3.8, 4) is 11.5 Å². The first-order valence-electron chi connectivity index (χ1n) is 5.06. The molecule has 0 heterocycles. The molecule has 0 saturated heterocycles. The number of fused-ring (bicyclic) bond motifs is 2. The summed E-state index contributed by atoms with van der Waals surface area (Å²) < 4.78 is 0. The van der Waals surface area contributed by atoms with Crippen LogP contribution in [0.3, 0.4) is 0 Å². The topological polar surface area (TPSA) is 46.1 Å². The zero-order valence-electron chi connectivity index (χ0n) is 8.44. The number of benzene rings is 3. The van der Waals surface area contributed by atoms with Crippen LogP contribution in [-0.2, 0) is 0 Å². The monoisotopic (exact) mass is 208 g/mol. The van der Waals surface area contributed by atoms with Gasteiger partial charge in [-0.1, -0.05) is 60.0 Å². The molecule has 0 bridgehead atoms. The van der Waals surface area contributed by atoms with Crippen molar-refractivity contribution in [1.29, 1.82) is 0 Å². The Hall–Kier alpha value is -2.22. The molecule has 2 heteroatoms. The third-order valence-electron chi connectivity index (χ3n) is 2.83. The van der Waals surface area contributed by atoms with Crippen LogP contribution in [0, 0.1) is 0 Å². The lowest BCUT2D eigenvalue weighted by molar-refractivity contribution is -0.267. The molecule has 0 aliphatic carbocycles. The highest BCUT2D eigenvalue weighted by atomic mass is 16.3. The zero-order chi connectivity index (χ0) is 11.1. The molecule has 3 aromatic rings. The smallest absolute Gasteiger partial charge is 0.0263 e. The first-order valence-corrected chi connectivity index (χ1v) is 5.06. The summed E-state index contributed by atoms with van der Waals surface area (Å²) in [5.74, 6) is -0.128. The van der Waals surface area contributed by atoms with Gasteiger partial charge >= 0.3 is 0 Å². The van der Waals surface area contributed by atoms with Crippen molar-refractivity contribution in [2.24, 2.45) is 0 Å². The molecule has 0 aliphatic heterocycles. The van der Waals surface area contributed by atoms with Gasteiger partial charge in [0.1, 0.15) is 0 Å². The minimum Gasteiger partial charge on any atom is -0.872 e. The van der Waals surface area contributed by atoms with Crippen LogP contribution in [0.15, 0.2) is 48.5 Å². The summed E-state index contributed by atoms with van der Waals surface area (Å²) in [7, 11) is 0. The van der Waals surface area contributed by atoms with Gasteiger partial charge in [0.25, 0.3) is 0 Å². The lowest BCUT2D eigenvalue weighted by Gasteiger charge is -2.21. The Morgan fingerprint density at radius 1 is 0.500 bits per heavy atom. The van der Waals surface area contributed by atoms with Crippen LogP contribution in [0.1, 0.15) is 0 Å². The van der Waals surface area contributed by atoms with E-state index in [4.69, 9.17) is 0 Å². The van der Waals surface area contributed by atoms with Crippen molar-refractivity contribution in [3.05, 3.63) is 48.5 Å². The summed E-state index contributed by atoms with van der Waals surface area (Å²) in [5, 5.41) is 26.2. The minimum atomic E-state index is -0.0641. The van der Waals surface area contributed by atoms with E-state index in [0.29, 0.717) is 21.5 Å². The average molecular weight is 208 g/mol. The molecule has 3 rings (SSSR count). The third kappa shape index (κ3) is 1.07. The molecule has 0 radical (unpaired) electrons. The fraction of sp³-hybridized carbons (Fsp3) is 0. The van der Waals surface area contributed by atoms with Crippen LogP contribution in [0.5, 0.6) is 11.5 Å². The van der Waals surface area contributed by atoms with Crippen molar-refractivity contribution >= 4 is 21.5 Å². The predicted molar refractivity (Wildman–Crippen MR) is 60.3 cm³/mol. The standard InChI is InChI=1S/C14H10O2/c15-13-9-5-1-2-6-10(9)14(16)12-8-4-3-7-11(12)13/h1-8,15-16H/p-2. The molecule has 2 nitrogen and oxygen atoms in total. The van der Waals surface area contributed by atoms with Gasteiger partial charge in [0.05, 0.1) is 0 Å². The average Bonchev–Trinajstić information content (AvgIpc) is 2.36. The van der Waals surface area contributed by atoms with Gasteiger partial charge in [-0.15, -0.1) is 0 Å². The van der Waals surface area contributed by atoms with Gasteiger partial charge in [0.2, 0.25) is 0 Å². The summed E-state index contributed by atoms with van der Waals surface area (Å²) >= 11 is 0. The molecule has 0 unspecified atom stereocenters. The Morgan fingerprint density at radius 2 is 0.750 bits per heavy atom. The van der Waals surface area contributed by atoms with Gasteiger partial charge in [-0.3, -0.25) is 0 Å². The van der Waals surface area contributed by atoms with Crippen molar-refractivity contribution in [1.82, 2.24) is 0 Å². The fourth-order valence-electron chi connectivity index (χ4n) is 2.05. The Kier molecular flexibility index (Phi) is 1.77. The van der Waals surface area contributed by atoms with E-state index in [1.54, 1.807) is 48.5 Å². The summed E-state index contributed by atoms with van der Waals surface area (Å²) in [6, 6.07) is 13.9. The molecule has 0 amide bonds. The predicted octanol–water partition coefficient (Wildman–Crippen LogP) is 2.14. The number of hydrogen-bond acceptors (Lipinski definition) is 2. The molecule has 16 heavy (non-hydrogen) atoms. The maximum Gasteiger partial charge on any atom is -0.0263 e. The number of rotatable bonds is 0. The second-order valence-corrected chi connectivity index (χ2v) is 3.75. The summed E-state index contributed by atoms with van der Waals surface area (Å²) in [6.45, 7) is 0. The van der Waals surface area contributed by atoms with Crippen molar-refractivity contribution in [2.45, 2.75) is 0 Å². The Balaban J connectivity index is 2.67. The molecule has 0 spiro atoms. The quantitative estimate of drug-likeness (QED) is 0.531. The van der Waals surface area contributed by atoms with Gasteiger partial charge in [-0.25, -0.2) is 0 Å². The van der Waals surface area contributed by atoms with E-state index in [2.05, 4.69) is 0 Å². The van der Waals surface area contributed by atoms with Gasteiger partial charge in [-0.2, -0.15) is 0 Å². The molecule has 0 atom stereocenters. The lowest BCUT2D eigenvalue weighted by atomic mass is 10.0. The highest BCUT2D eigenvalue weighted by Crippen LogP contribution is 2.37. The van der Waals surface area contributed by atoms with E-state index in [1.165, 1.54) is 0 Å². The first kappa shape index (κ1) is 9.04. The lowest BCUT2D eigenvalue weighted by Crippen LogP contribution is -1.98. The largest absolute Gasteiger partial charge is 0.872 e. The summed E-state index contributed by atoms with van der Waals surface area (Å²) in [4.78, 5) is 0. The fourth-order valence-corrected chi connectivity index (χ4v) is 2.05. The zero-order valence-corrected chi connectivity index (χ0v) is 8.44. The van der Waals surface area contributed by atoms with Crippen LogP contribution in [0.2, 0.25) is 0 Å². The minimum absolute atomic E-state index is 0.0641. The van der Waals surface area contributed by atoms with Crippen molar-refractivity contribution < 1.29 is 10.2 Å². The maximum absolute atomic E-state index is 12.1. The van der Waals surface area contributed by atoms with E-state index in [1.807, 2.05) is 0 Å². The Bertz CT molecular complexity index is 570. The highest BCUT2D eigenvalue weighted by molar-refractivity contribution is 6.09. The molecule has 0 aromatic heterocycles. The van der Waals surface area contributed by atoms with E-state index in [-0.39, 0.29) is 11.5 Å². The molecule has 3 aromatic carbocycles. The Morgan fingerprint density at radius 3 is 1.00 bits per heavy atom. The summed E-state index contributed by atoms with van der Waals surface area (Å²) in [5.41, 5.74) is 0. The van der Waals surface area contributed by atoms with E-state index >= 15 is 0 Å². The van der Waals surface area contributed by atoms with Crippen LogP contribution >= 0.6 is 0 Å². The molecule has 0 fully saturated rings. The SMILES string of the molecule is [O-]c1c2ccccc2c([O-])c2ccccc12. The highest BCUT2D eigenvalue weighted by Gasteiger charge is 2.01. The Labute approximate surface area is 92.4 Å². The number of hydrogen-bond donors (Lipinski definition) is 0. The normalized spacial score (nSPS) is 11.0. The van der Waals surface area contributed by atoms with Gasteiger partial charge in [-0.05, 0) is 21.5 Å². The second-order valence-electron chi connectivity index (χ2n) is 3.75. The first-order chi connectivity index (χ1) is 7.79. The second kappa shape index (κ2) is 3.14. The van der Waals surface area contributed by atoms with Crippen LogP contribution in [-0.4, -0.2) is 0 Å². The molecular formula is C14H8O2-2. The van der Waals surface area contributed by atoms with Crippen LogP contribution in [0.4, 0.5) is 0 Å². The molecular weight excluding hydrogens is 200 g/mol. The van der Waals surface area contributed by atoms with E-state index < -0.39 is 0 Å².